The number of rotatable bonds is 3. The summed E-state index contributed by atoms with van der Waals surface area (Å²) in [7, 11) is 2.07. The lowest BCUT2D eigenvalue weighted by Crippen LogP contribution is -2.64. The first-order valence-corrected chi connectivity index (χ1v) is 7.16. The molecule has 0 spiro atoms. The van der Waals surface area contributed by atoms with E-state index in [1.165, 1.54) is 38.9 Å². The normalized spacial score (nSPS) is 41.5. The van der Waals surface area contributed by atoms with E-state index in [4.69, 9.17) is 0 Å². The Hall–Kier alpha value is -0.120. The van der Waals surface area contributed by atoms with Gasteiger partial charge in [0.15, 0.2) is 0 Å². The van der Waals surface area contributed by atoms with E-state index in [1.54, 1.807) is 0 Å². The molecule has 17 heavy (non-hydrogen) atoms. The maximum absolute atomic E-state index is 3.41. The summed E-state index contributed by atoms with van der Waals surface area (Å²) in [5, 5.41) is 2.47. The van der Waals surface area contributed by atoms with Crippen LogP contribution in [0.5, 0.6) is 0 Å². The van der Waals surface area contributed by atoms with Gasteiger partial charge in [0.1, 0.15) is 0 Å². The van der Waals surface area contributed by atoms with Crippen molar-refractivity contribution in [3.05, 3.63) is 0 Å². The summed E-state index contributed by atoms with van der Waals surface area (Å²) in [5.74, 6) is 0. The predicted molar refractivity (Wildman–Crippen MR) is 72.8 cm³/mol. The molecule has 0 amide bonds. The van der Waals surface area contributed by atoms with Gasteiger partial charge < -0.3 is 0 Å². The van der Waals surface area contributed by atoms with Crippen LogP contribution in [0, 0.1) is 5.41 Å². The summed E-state index contributed by atoms with van der Waals surface area (Å²) in [5.41, 5.74) is 4.19. The molecule has 100 valence electrons. The van der Waals surface area contributed by atoms with Crippen molar-refractivity contribution in [2.75, 3.05) is 26.7 Å². The topological polar surface area (TPSA) is 18.5 Å². The van der Waals surface area contributed by atoms with E-state index < -0.39 is 0 Å². The van der Waals surface area contributed by atoms with Crippen LogP contribution < -0.4 is 5.43 Å². The van der Waals surface area contributed by atoms with Crippen LogP contribution in [0.1, 0.15) is 47.0 Å². The highest BCUT2D eigenvalue weighted by Crippen LogP contribution is 2.50. The number of nitrogens with zero attached hydrogens (tertiary/aromatic N) is 2. The quantitative estimate of drug-likeness (QED) is 0.813. The summed E-state index contributed by atoms with van der Waals surface area (Å²) in [4.78, 5) is 2.68. The number of piperidine rings is 1. The maximum Gasteiger partial charge on any atom is 0.0507 e. The lowest BCUT2D eigenvalue weighted by atomic mass is 9.67. The van der Waals surface area contributed by atoms with E-state index in [9.17, 15) is 0 Å². The second kappa shape index (κ2) is 4.52. The first kappa shape index (κ1) is 13.3. The lowest BCUT2D eigenvalue weighted by Gasteiger charge is -2.53. The minimum Gasteiger partial charge on any atom is -0.299 e. The number of hydrogen-bond acceptors (Lipinski definition) is 3. The largest absolute Gasteiger partial charge is 0.299 e. The highest BCUT2D eigenvalue weighted by Gasteiger charge is 2.56. The van der Waals surface area contributed by atoms with Crippen LogP contribution in [0.3, 0.4) is 0 Å². The first-order chi connectivity index (χ1) is 7.97. The van der Waals surface area contributed by atoms with Crippen molar-refractivity contribution in [1.29, 1.82) is 0 Å². The third-order valence-electron chi connectivity index (χ3n) is 5.73. The van der Waals surface area contributed by atoms with Crippen LogP contribution in [-0.4, -0.2) is 48.2 Å². The van der Waals surface area contributed by atoms with Gasteiger partial charge >= 0.3 is 0 Å². The Bertz CT molecular complexity index is 281. The van der Waals surface area contributed by atoms with E-state index in [0.29, 0.717) is 11.0 Å². The van der Waals surface area contributed by atoms with Gasteiger partial charge in [-0.3, -0.25) is 10.3 Å². The number of fused-ring (bicyclic) bond motifs is 1. The lowest BCUT2D eigenvalue weighted by molar-refractivity contribution is -0.0517. The van der Waals surface area contributed by atoms with Gasteiger partial charge in [-0.15, -0.1) is 0 Å². The number of nitrogens with one attached hydrogen (secondary N) is 1. The van der Waals surface area contributed by atoms with Crippen molar-refractivity contribution in [2.45, 2.75) is 58.5 Å². The fourth-order valence-electron chi connectivity index (χ4n) is 3.73. The maximum atomic E-state index is 3.41. The Balaban J connectivity index is 2.18. The molecule has 3 heteroatoms. The SMILES string of the molecule is CCC(C)N1CC[C@]2(C)CCN(NC)[C@]2(C)C1. The zero-order chi connectivity index (χ0) is 12.7. The molecule has 2 aliphatic rings. The third-order valence-corrected chi connectivity index (χ3v) is 5.73. The zero-order valence-electron chi connectivity index (χ0n) is 12.2. The Morgan fingerprint density at radius 2 is 1.88 bits per heavy atom. The fourth-order valence-corrected chi connectivity index (χ4v) is 3.73. The molecule has 0 saturated carbocycles. The van der Waals surface area contributed by atoms with Crippen LogP contribution in [0.4, 0.5) is 0 Å². The van der Waals surface area contributed by atoms with E-state index >= 15 is 0 Å². The van der Waals surface area contributed by atoms with Crippen molar-refractivity contribution in [3.63, 3.8) is 0 Å². The first-order valence-electron chi connectivity index (χ1n) is 7.16. The molecule has 2 saturated heterocycles. The summed E-state index contributed by atoms with van der Waals surface area (Å²) >= 11 is 0. The molecule has 3 atom stereocenters. The second-order valence-corrected chi connectivity index (χ2v) is 6.44. The minimum absolute atomic E-state index is 0.295. The average Bonchev–Trinajstić information content (AvgIpc) is 2.59. The number of hydrogen-bond donors (Lipinski definition) is 1. The van der Waals surface area contributed by atoms with Gasteiger partial charge in [-0.25, -0.2) is 5.01 Å². The smallest absolute Gasteiger partial charge is 0.0507 e. The van der Waals surface area contributed by atoms with E-state index in [0.717, 1.165) is 6.04 Å². The second-order valence-electron chi connectivity index (χ2n) is 6.44. The molecule has 2 heterocycles. The Morgan fingerprint density at radius 1 is 1.24 bits per heavy atom. The van der Waals surface area contributed by atoms with Crippen molar-refractivity contribution in [1.82, 2.24) is 15.3 Å². The van der Waals surface area contributed by atoms with Gasteiger partial charge in [-0.1, -0.05) is 13.8 Å². The number of likely N-dealkylation sites (tertiary alicyclic amines) is 1. The van der Waals surface area contributed by atoms with Crippen molar-refractivity contribution < 1.29 is 0 Å². The Kier molecular flexibility index (Phi) is 3.54. The van der Waals surface area contributed by atoms with Gasteiger partial charge in [0.05, 0.1) is 5.54 Å². The van der Waals surface area contributed by atoms with Crippen molar-refractivity contribution in [2.24, 2.45) is 5.41 Å². The van der Waals surface area contributed by atoms with E-state index in [1.807, 2.05) is 0 Å². The van der Waals surface area contributed by atoms with Crippen LogP contribution in [-0.2, 0) is 0 Å². The Morgan fingerprint density at radius 3 is 2.47 bits per heavy atom. The van der Waals surface area contributed by atoms with E-state index in [-0.39, 0.29) is 0 Å². The van der Waals surface area contributed by atoms with Gasteiger partial charge in [0.25, 0.3) is 0 Å². The van der Waals surface area contributed by atoms with Gasteiger partial charge in [0.2, 0.25) is 0 Å². The van der Waals surface area contributed by atoms with Crippen LogP contribution in [0.15, 0.2) is 0 Å². The molecule has 0 radical (unpaired) electrons. The molecule has 2 aliphatic heterocycles. The molecule has 0 aromatic rings. The molecule has 1 N–H and O–H groups in total. The van der Waals surface area contributed by atoms with Crippen molar-refractivity contribution in [3.8, 4) is 0 Å². The molecule has 0 aromatic heterocycles. The zero-order valence-corrected chi connectivity index (χ0v) is 12.2. The summed E-state index contributed by atoms with van der Waals surface area (Å²) in [6, 6.07) is 0.718. The monoisotopic (exact) mass is 239 g/mol. The Labute approximate surface area is 107 Å². The standard InChI is InChI=1S/C14H29N3/c1-6-12(2)16-9-7-13(3)8-10-17(15-5)14(13,4)11-16/h12,15H,6-11H2,1-5H3/t12?,13-,14-/m1/s1. The van der Waals surface area contributed by atoms with Gasteiger partial charge in [-0.2, -0.15) is 0 Å². The average molecular weight is 239 g/mol. The molecular formula is C14H29N3. The third kappa shape index (κ3) is 1.92. The summed E-state index contributed by atoms with van der Waals surface area (Å²) < 4.78 is 0. The van der Waals surface area contributed by atoms with Crippen LogP contribution in [0.25, 0.3) is 0 Å². The van der Waals surface area contributed by atoms with Gasteiger partial charge in [-0.05, 0) is 52.1 Å². The summed E-state index contributed by atoms with van der Waals surface area (Å²) in [6.45, 7) is 13.3. The molecular weight excluding hydrogens is 210 g/mol. The van der Waals surface area contributed by atoms with Crippen LogP contribution in [0.2, 0.25) is 0 Å². The molecule has 2 fully saturated rings. The number of hydrazine groups is 1. The molecule has 0 bridgehead atoms. The van der Waals surface area contributed by atoms with Crippen LogP contribution >= 0.6 is 0 Å². The minimum atomic E-state index is 0.295. The molecule has 1 unspecified atom stereocenters. The van der Waals surface area contributed by atoms with Crippen molar-refractivity contribution >= 4 is 0 Å². The van der Waals surface area contributed by atoms with E-state index in [2.05, 4.69) is 50.1 Å². The molecule has 0 aliphatic carbocycles. The highest BCUT2D eigenvalue weighted by atomic mass is 15.6. The highest BCUT2D eigenvalue weighted by molar-refractivity contribution is 5.09. The fraction of sp³-hybridized carbons (Fsp3) is 1.00. The predicted octanol–water partition coefficient (Wildman–Crippen LogP) is 2.10. The molecule has 2 rings (SSSR count). The molecule has 3 nitrogen and oxygen atoms in total. The molecule has 0 aromatic carbocycles. The summed E-state index contributed by atoms with van der Waals surface area (Å²) in [6.07, 6.45) is 3.93. The van der Waals surface area contributed by atoms with Gasteiger partial charge in [0, 0.05) is 19.1 Å².